The Balaban J connectivity index is 2.61. The lowest BCUT2D eigenvalue weighted by Gasteiger charge is -1.90. The standard InChI is InChI=1S/C8H8O/c9-7-6-8-4-2-1-3-5-8/h2,4-5,9H,6-7H2. The van der Waals surface area contributed by atoms with Crippen molar-refractivity contribution >= 4 is 0 Å². The number of aliphatic hydroxyl groups is 1. The lowest BCUT2D eigenvalue weighted by Crippen LogP contribution is -1.87. The molecule has 46 valence electrons. The fourth-order valence-corrected chi connectivity index (χ4v) is 0.664. The Labute approximate surface area is 55.0 Å². The number of rotatable bonds is 2. The summed E-state index contributed by atoms with van der Waals surface area (Å²) in [6.07, 6.45) is 0.713. The van der Waals surface area contributed by atoms with Gasteiger partial charge in [-0.15, -0.1) is 0 Å². The van der Waals surface area contributed by atoms with Gasteiger partial charge in [-0.25, -0.2) is 0 Å². The second-order valence-electron chi connectivity index (χ2n) is 1.81. The van der Waals surface area contributed by atoms with Crippen LogP contribution in [0.3, 0.4) is 0 Å². The Kier molecular flexibility index (Phi) is 2.12. The third-order valence-corrected chi connectivity index (χ3v) is 1.12. The molecule has 0 aliphatic rings. The van der Waals surface area contributed by atoms with Crippen LogP contribution in [0.25, 0.3) is 0 Å². The summed E-state index contributed by atoms with van der Waals surface area (Å²) >= 11 is 0. The lowest BCUT2D eigenvalue weighted by molar-refractivity contribution is 0.299. The predicted octanol–water partition coefficient (Wildman–Crippen LogP) is 0.822. The van der Waals surface area contributed by atoms with Crippen LogP contribution >= 0.6 is 0 Å². The first-order valence-electron chi connectivity index (χ1n) is 2.91. The van der Waals surface area contributed by atoms with Crippen LogP contribution < -0.4 is 0 Å². The van der Waals surface area contributed by atoms with Gasteiger partial charge in [0.2, 0.25) is 0 Å². The van der Waals surface area contributed by atoms with Gasteiger partial charge >= 0.3 is 0 Å². The van der Waals surface area contributed by atoms with E-state index in [4.69, 9.17) is 5.11 Å². The van der Waals surface area contributed by atoms with Crippen LogP contribution in [0.1, 0.15) is 5.56 Å². The fraction of sp³-hybridized carbons (Fsp3) is 0.250. The van der Waals surface area contributed by atoms with Crippen LogP contribution in [-0.4, -0.2) is 11.7 Å². The van der Waals surface area contributed by atoms with E-state index >= 15 is 0 Å². The quantitative estimate of drug-likeness (QED) is 0.612. The maximum absolute atomic E-state index is 8.50. The van der Waals surface area contributed by atoms with Gasteiger partial charge in [0, 0.05) is 6.61 Å². The zero-order chi connectivity index (χ0) is 6.53. The normalized spacial score (nSPS) is 8.56. The highest BCUT2D eigenvalue weighted by atomic mass is 16.2. The van der Waals surface area contributed by atoms with Gasteiger partial charge < -0.3 is 5.11 Å². The third-order valence-electron chi connectivity index (χ3n) is 1.12. The molecule has 0 fully saturated rings. The van der Waals surface area contributed by atoms with Crippen molar-refractivity contribution in [1.29, 1.82) is 0 Å². The van der Waals surface area contributed by atoms with Gasteiger partial charge in [-0.2, -0.15) is 0 Å². The van der Waals surface area contributed by atoms with Crippen molar-refractivity contribution in [3.05, 3.63) is 35.9 Å². The van der Waals surface area contributed by atoms with Crippen LogP contribution in [0.15, 0.2) is 18.2 Å². The molecule has 1 nitrogen and oxygen atoms in total. The van der Waals surface area contributed by atoms with E-state index in [0.29, 0.717) is 6.42 Å². The Morgan fingerprint density at radius 1 is 1.44 bits per heavy atom. The Morgan fingerprint density at radius 2 is 2.33 bits per heavy atom. The van der Waals surface area contributed by atoms with Crippen molar-refractivity contribution in [3.63, 3.8) is 0 Å². The van der Waals surface area contributed by atoms with Crippen LogP contribution in [0.5, 0.6) is 0 Å². The summed E-state index contributed by atoms with van der Waals surface area (Å²) in [5.41, 5.74) is 1.11. The molecule has 0 aliphatic heterocycles. The number of hydrogen-bond acceptors (Lipinski definition) is 1. The first-order valence-corrected chi connectivity index (χ1v) is 2.91. The molecule has 9 heavy (non-hydrogen) atoms. The number of aliphatic hydroxyl groups excluding tert-OH is 1. The number of hydrogen-bond donors (Lipinski definition) is 1. The smallest absolute Gasteiger partial charge is 0.0471 e. The topological polar surface area (TPSA) is 20.2 Å². The SMILES string of the molecule is OCCc1cc#ccc1. The highest BCUT2D eigenvalue weighted by Crippen LogP contribution is 1.93. The van der Waals surface area contributed by atoms with Gasteiger partial charge in [0.25, 0.3) is 0 Å². The van der Waals surface area contributed by atoms with Crippen molar-refractivity contribution in [3.8, 4) is 0 Å². The van der Waals surface area contributed by atoms with E-state index in [-0.39, 0.29) is 6.61 Å². The summed E-state index contributed by atoms with van der Waals surface area (Å²) < 4.78 is 0. The summed E-state index contributed by atoms with van der Waals surface area (Å²) in [4.78, 5) is 0. The summed E-state index contributed by atoms with van der Waals surface area (Å²) in [7, 11) is 0. The van der Waals surface area contributed by atoms with Crippen LogP contribution in [0.2, 0.25) is 0 Å². The van der Waals surface area contributed by atoms with E-state index < -0.39 is 0 Å². The molecule has 0 bridgehead atoms. The minimum Gasteiger partial charge on any atom is -0.396 e. The van der Waals surface area contributed by atoms with E-state index in [1.165, 1.54) is 0 Å². The lowest BCUT2D eigenvalue weighted by atomic mass is 10.2. The molecule has 1 rings (SSSR count). The molecule has 0 heterocycles. The van der Waals surface area contributed by atoms with Gasteiger partial charge in [0.05, 0.1) is 0 Å². The molecule has 1 aromatic rings. The molecule has 0 unspecified atom stereocenters. The monoisotopic (exact) mass is 120 g/mol. The Morgan fingerprint density at radius 3 is 2.89 bits per heavy atom. The van der Waals surface area contributed by atoms with Gasteiger partial charge in [0.1, 0.15) is 0 Å². The molecule has 0 amide bonds. The highest BCUT2D eigenvalue weighted by molar-refractivity contribution is 5.09. The molecule has 0 saturated carbocycles. The summed E-state index contributed by atoms with van der Waals surface area (Å²) in [5, 5.41) is 8.50. The second-order valence-corrected chi connectivity index (χ2v) is 1.81. The minimum absolute atomic E-state index is 0.206. The molecule has 1 aromatic carbocycles. The molecule has 0 aliphatic carbocycles. The molecule has 1 N–H and O–H groups in total. The van der Waals surface area contributed by atoms with Crippen molar-refractivity contribution in [2.75, 3.05) is 6.61 Å². The Hall–Kier alpha value is -1.00. The molecule has 1 heteroatoms. The molecular weight excluding hydrogens is 112 g/mol. The average Bonchev–Trinajstić information content (AvgIpc) is 1.91. The van der Waals surface area contributed by atoms with E-state index in [0.717, 1.165) is 5.56 Å². The van der Waals surface area contributed by atoms with Crippen molar-refractivity contribution in [2.24, 2.45) is 0 Å². The van der Waals surface area contributed by atoms with E-state index in [9.17, 15) is 0 Å². The van der Waals surface area contributed by atoms with Gasteiger partial charge in [0.15, 0.2) is 0 Å². The average molecular weight is 120 g/mol. The predicted molar refractivity (Wildman–Crippen MR) is 34.9 cm³/mol. The maximum Gasteiger partial charge on any atom is 0.0471 e. The van der Waals surface area contributed by atoms with E-state index in [1.54, 1.807) is 6.07 Å². The van der Waals surface area contributed by atoms with Crippen molar-refractivity contribution in [1.82, 2.24) is 0 Å². The van der Waals surface area contributed by atoms with E-state index in [2.05, 4.69) is 12.1 Å². The van der Waals surface area contributed by atoms with Crippen molar-refractivity contribution in [2.45, 2.75) is 6.42 Å². The van der Waals surface area contributed by atoms with Crippen LogP contribution in [0, 0.1) is 12.1 Å². The van der Waals surface area contributed by atoms with Gasteiger partial charge in [-0.3, -0.25) is 0 Å². The largest absolute Gasteiger partial charge is 0.396 e. The maximum atomic E-state index is 8.50. The Bertz CT molecular complexity index is 157. The minimum atomic E-state index is 0.206. The van der Waals surface area contributed by atoms with E-state index in [1.807, 2.05) is 12.1 Å². The third kappa shape index (κ3) is 1.75. The van der Waals surface area contributed by atoms with Crippen LogP contribution in [0.4, 0.5) is 0 Å². The molecular formula is C8H8O. The highest BCUT2D eigenvalue weighted by Gasteiger charge is 1.84. The molecule has 0 spiro atoms. The first-order chi connectivity index (χ1) is 4.43. The molecule has 0 atom stereocenters. The van der Waals surface area contributed by atoms with Crippen molar-refractivity contribution < 1.29 is 5.11 Å². The summed E-state index contributed by atoms with van der Waals surface area (Å²) in [6.45, 7) is 0.206. The zero-order valence-electron chi connectivity index (χ0n) is 5.09. The fourth-order valence-electron chi connectivity index (χ4n) is 0.664. The molecule has 0 radical (unpaired) electrons. The molecule has 0 aromatic heterocycles. The second kappa shape index (κ2) is 3.11. The van der Waals surface area contributed by atoms with Gasteiger partial charge in [-0.05, 0) is 30.2 Å². The van der Waals surface area contributed by atoms with Gasteiger partial charge in [-0.1, -0.05) is 12.1 Å². The first kappa shape index (κ1) is 6.12. The molecule has 0 saturated heterocycles. The summed E-state index contributed by atoms with van der Waals surface area (Å²) in [6, 6.07) is 11.1. The summed E-state index contributed by atoms with van der Waals surface area (Å²) in [5.74, 6) is 0. The van der Waals surface area contributed by atoms with Crippen LogP contribution in [-0.2, 0) is 6.42 Å². The zero-order valence-corrected chi connectivity index (χ0v) is 5.09.